The van der Waals surface area contributed by atoms with Crippen molar-refractivity contribution in [2.75, 3.05) is 25.1 Å². The van der Waals surface area contributed by atoms with Gasteiger partial charge < -0.3 is 19.8 Å². The van der Waals surface area contributed by atoms with Crippen molar-refractivity contribution in [3.8, 4) is 0 Å². The Kier molecular flexibility index (Phi) is 5.36. The van der Waals surface area contributed by atoms with Crippen LogP contribution in [0.4, 0.5) is 5.69 Å². The topological polar surface area (TPSA) is 63.4 Å². The Hall–Kier alpha value is -1.85. The first kappa shape index (κ1) is 15.5. The number of aromatic amines is 1. The van der Waals surface area contributed by atoms with Crippen molar-refractivity contribution in [3.05, 3.63) is 30.0 Å². The summed E-state index contributed by atoms with van der Waals surface area (Å²) in [6.45, 7) is 7.24. The number of fused-ring (bicyclic) bond motifs is 1. The van der Waals surface area contributed by atoms with E-state index in [0.29, 0.717) is 19.8 Å². The van der Waals surface area contributed by atoms with Crippen LogP contribution in [-0.2, 0) is 14.3 Å². The van der Waals surface area contributed by atoms with Gasteiger partial charge in [0.15, 0.2) is 0 Å². The summed E-state index contributed by atoms with van der Waals surface area (Å²) >= 11 is 0. The number of carbonyl (C=O) groups excluding carboxylic acids is 1. The van der Waals surface area contributed by atoms with Crippen LogP contribution in [0.1, 0.15) is 19.5 Å². The van der Waals surface area contributed by atoms with Gasteiger partial charge in [-0.25, -0.2) is 0 Å². The van der Waals surface area contributed by atoms with E-state index < -0.39 is 6.10 Å². The highest BCUT2D eigenvalue weighted by Crippen LogP contribution is 2.20. The Bertz CT molecular complexity index is 607. The Balaban J connectivity index is 1.90. The number of benzene rings is 1. The lowest BCUT2D eigenvalue weighted by atomic mass is 10.2. The van der Waals surface area contributed by atoms with Crippen molar-refractivity contribution in [2.45, 2.75) is 26.9 Å². The first-order chi connectivity index (χ1) is 10.1. The number of aryl methyl sites for hydroxylation is 1. The highest BCUT2D eigenvalue weighted by atomic mass is 16.5. The number of ether oxygens (including phenoxy) is 2. The Morgan fingerprint density at radius 3 is 2.90 bits per heavy atom. The van der Waals surface area contributed by atoms with Crippen LogP contribution in [0.25, 0.3) is 10.9 Å². The van der Waals surface area contributed by atoms with Gasteiger partial charge >= 0.3 is 0 Å². The lowest BCUT2D eigenvalue weighted by molar-refractivity contribution is -0.127. The predicted octanol–water partition coefficient (Wildman–Crippen LogP) is 2.86. The number of hydrogen-bond donors (Lipinski definition) is 2. The van der Waals surface area contributed by atoms with Crippen molar-refractivity contribution < 1.29 is 14.3 Å². The summed E-state index contributed by atoms with van der Waals surface area (Å²) in [6.07, 6.45) is -0.505. The number of carbonyl (C=O) groups is 1. The van der Waals surface area contributed by atoms with Crippen LogP contribution in [0.2, 0.25) is 0 Å². The van der Waals surface area contributed by atoms with E-state index in [1.807, 2.05) is 38.1 Å². The summed E-state index contributed by atoms with van der Waals surface area (Å²) < 4.78 is 10.6. The SMILES string of the molecule is CCOCCO[C@H](C)C(=O)Nc1ccc2[nH]c(C)cc2c1. The summed E-state index contributed by atoms with van der Waals surface area (Å²) in [5.41, 5.74) is 2.93. The second-order valence-corrected chi connectivity index (χ2v) is 4.95. The number of rotatable bonds is 7. The van der Waals surface area contributed by atoms with Gasteiger partial charge in [0.25, 0.3) is 5.91 Å². The van der Waals surface area contributed by atoms with E-state index in [9.17, 15) is 4.79 Å². The fourth-order valence-corrected chi connectivity index (χ4v) is 2.10. The molecule has 0 bridgehead atoms. The largest absolute Gasteiger partial charge is 0.379 e. The fourth-order valence-electron chi connectivity index (χ4n) is 2.10. The molecule has 2 rings (SSSR count). The van der Waals surface area contributed by atoms with Gasteiger partial charge in [0, 0.05) is 28.9 Å². The van der Waals surface area contributed by atoms with Crippen molar-refractivity contribution in [3.63, 3.8) is 0 Å². The van der Waals surface area contributed by atoms with Crippen molar-refractivity contribution in [1.82, 2.24) is 4.98 Å². The molecular formula is C16H22N2O3. The molecule has 0 spiro atoms. The van der Waals surface area contributed by atoms with Crippen LogP contribution in [0, 0.1) is 6.92 Å². The van der Waals surface area contributed by atoms with Gasteiger partial charge in [-0.3, -0.25) is 4.79 Å². The number of hydrogen-bond acceptors (Lipinski definition) is 3. The van der Waals surface area contributed by atoms with Gasteiger partial charge in [-0.2, -0.15) is 0 Å². The summed E-state index contributed by atoms with van der Waals surface area (Å²) in [5, 5.41) is 3.94. The van der Waals surface area contributed by atoms with Crippen LogP contribution in [0.5, 0.6) is 0 Å². The minimum atomic E-state index is -0.505. The third-order valence-electron chi connectivity index (χ3n) is 3.19. The molecule has 0 aliphatic rings. The minimum absolute atomic E-state index is 0.155. The molecule has 0 unspecified atom stereocenters. The number of nitrogens with one attached hydrogen (secondary N) is 2. The van der Waals surface area contributed by atoms with E-state index in [2.05, 4.69) is 10.3 Å². The third-order valence-corrected chi connectivity index (χ3v) is 3.19. The van der Waals surface area contributed by atoms with E-state index in [4.69, 9.17) is 9.47 Å². The first-order valence-electron chi connectivity index (χ1n) is 7.19. The molecule has 5 nitrogen and oxygen atoms in total. The van der Waals surface area contributed by atoms with Gasteiger partial charge in [-0.1, -0.05) is 0 Å². The molecule has 2 N–H and O–H groups in total. The van der Waals surface area contributed by atoms with Gasteiger partial charge in [0.2, 0.25) is 0 Å². The molecule has 21 heavy (non-hydrogen) atoms. The van der Waals surface area contributed by atoms with E-state index in [-0.39, 0.29) is 5.91 Å². The van der Waals surface area contributed by atoms with Crippen LogP contribution in [0.15, 0.2) is 24.3 Å². The smallest absolute Gasteiger partial charge is 0.253 e. The molecule has 0 aliphatic carbocycles. The molecular weight excluding hydrogens is 268 g/mol. The van der Waals surface area contributed by atoms with E-state index in [1.54, 1.807) is 6.92 Å². The molecule has 1 amide bonds. The summed E-state index contributed by atoms with van der Waals surface area (Å²) in [4.78, 5) is 15.3. The summed E-state index contributed by atoms with van der Waals surface area (Å²) in [7, 11) is 0. The van der Waals surface area contributed by atoms with Gasteiger partial charge in [-0.05, 0) is 45.0 Å². The van der Waals surface area contributed by atoms with E-state index in [1.165, 1.54) is 0 Å². The number of anilines is 1. The molecule has 1 aromatic carbocycles. The molecule has 0 aliphatic heterocycles. The Morgan fingerprint density at radius 2 is 2.14 bits per heavy atom. The highest BCUT2D eigenvalue weighted by molar-refractivity contribution is 5.96. The second kappa shape index (κ2) is 7.24. The molecule has 0 saturated carbocycles. The molecule has 0 radical (unpaired) electrons. The molecule has 1 heterocycles. The highest BCUT2D eigenvalue weighted by Gasteiger charge is 2.13. The van der Waals surface area contributed by atoms with E-state index >= 15 is 0 Å². The number of amides is 1. The molecule has 5 heteroatoms. The predicted molar refractivity (Wildman–Crippen MR) is 83.6 cm³/mol. The lowest BCUT2D eigenvalue weighted by Crippen LogP contribution is -2.28. The maximum absolute atomic E-state index is 12.0. The van der Waals surface area contributed by atoms with Crippen molar-refractivity contribution >= 4 is 22.5 Å². The third kappa shape index (κ3) is 4.31. The number of H-pyrrole nitrogens is 1. The Morgan fingerprint density at radius 1 is 1.33 bits per heavy atom. The van der Waals surface area contributed by atoms with E-state index in [0.717, 1.165) is 22.3 Å². The average Bonchev–Trinajstić information content (AvgIpc) is 2.82. The average molecular weight is 290 g/mol. The fraction of sp³-hybridized carbons (Fsp3) is 0.438. The number of aromatic nitrogens is 1. The van der Waals surface area contributed by atoms with Crippen molar-refractivity contribution in [2.24, 2.45) is 0 Å². The molecule has 0 saturated heterocycles. The standard InChI is InChI=1S/C16H22N2O3/c1-4-20-7-8-21-12(3)16(19)18-14-5-6-15-13(10-14)9-11(2)17-15/h5-6,9-10,12,17H,4,7-8H2,1-3H3,(H,18,19)/t12-/m1/s1. The summed E-state index contributed by atoms with van der Waals surface area (Å²) in [5.74, 6) is -0.155. The normalized spacial score (nSPS) is 12.5. The Labute approximate surface area is 124 Å². The zero-order valence-electron chi connectivity index (χ0n) is 12.7. The van der Waals surface area contributed by atoms with Crippen LogP contribution < -0.4 is 5.32 Å². The monoisotopic (exact) mass is 290 g/mol. The van der Waals surface area contributed by atoms with Crippen LogP contribution >= 0.6 is 0 Å². The maximum atomic E-state index is 12.0. The maximum Gasteiger partial charge on any atom is 0.253 e. The molecule has 1 atom stereocenters. The van der Waals surface area contributed by atoms with Gasteiger partial charge in [-0.15, -0.1) is 0 Å². The quantitative estimate of drug-likeness (QED) is 0.771. The van der Waals surface area contributed by atoms with Crippen molar-refractivity contribution in [1.29, 1.82) is 0 Å². The first-order valence-corrected chi connectivity index (χ1v) is 7.19. The zero-order chi connectivity index (χ0) is 15.2. The minimum Gasteiger partial charge on any atom is -0.379 e. The second-order valence-electron chi connectivity index (χ2n) is 4.95. The van der Waals surface area contributed by atoms with Crippen LogP contribution in [0.3, 0.4) is 0 Å². The lowest BCUT2D eigenvalue weighted by Gasteiger charge is -2.13. The molecule has 114 valence electrons. The zero-order valence-corrected chi connectivity index (χ0v) is 12.7. The molecule has 2 aromatic rings. The van der Waals surface area contributed by atoms with Crippen LogP contribution in [-0.4, -0.2) is 36.8 Å². The summed E-state index contributed by atoms with van der Waals surface area (Å²) in [6, 6.07) is 7.83. The molecule has 0 fully saturated rings. The van der Waals surface area contributed by atoms with Gasteiger partial charge in [0.1, 0.15) is 6.10 Å². The molecule has 1 aromatic heterocycles. The van der Waals surface area contributed by atoms with Gasteiger partial charge in [0.05, 0.1) is 13.2 Å².